The number of halogens is 2. The molecule has 1 aromatic carbocycles. The van der Waals surface area contributed by atoms with Crippen LogP contribution in [-0.2, 0) is 0 Å². The van der Waals surface area contributed by atoms with Crippen LogP contribution in [-0.4, -0.2) is 9.97 Å². The Kier molecular flexibility index (Phi) is 3.49. The minimum Gasteiger partial charge on any atom is -0.337 e. The summed E-state index contributed by atoms with van der Waals surface area (Å²) in [6, 6.07) is 5.28. The topological polar surface area (TPSA) is 99.7 Å². The van der Waals surface area contributed by atoms with E-state index in [1.807, 2.05) is 0 Å². The number of nitrogen functional groups attached to an aromatic ring is 1. The zero-order valence-corrected chi connectivity index (χ0v) is 9.48. The Morgan fingerprint density at radius 1 is 1.32 bits per heavy atom. The van der Waals surface area contributed by atoms with Crippen molar-refractivity contribution in [3.05, 3.63) is 41.6 Å². The minimum atomic E-state index is -0.729. The van der Waals surface area contributed by atoms with Gasteiger partial charge in [-0.15, -0.1) is 0 Å². The molecular weight excluding hydrogens is 254 g/mol. The van der Waals surface area contributed by atoms with Gasteiger partial charge in [0.15, 0.2) is 11.6 Å². The number of aromatic nitrogens is 2. The first-order chi connectivity index (χ1) is 9.13. The predicted octanol–water partition coefficient (Wildman–Crippen LogP) is 1.66. The van der Waals surface area contributed by atoms with Gasteiger partial charge in [0.2, 0.25) is 5.95 Å². The third kappa shape index (κ3) is 2.72. The van der Waals surface area contributed by atoms with E-state index < -0.39 is 11.6 Å². The van der Waals surface area contributed by atoms with Crippen molar-refractivity contribution in [2.24, 2.45) is 5.84 Å². The molecule has 0 unspecified atom stereocenters. The molecular formula is C11H8F2N6. The Hall–Kier alpha value is -2.79. The molecule has 4 N–H and O–H groups in total. The number of hydrogen-bond acceptors (Lipinski definition) is 6. The lowest BCUT2D eigenvalue weighted by atomic mass is 10.2. The molecule has 0 aliphatic carbocycles. The van der Waals surface area contributed by atoms with Gasteiger partial charge in [-0.1, -0.05) is 0 Å². The first kappa shape index (κ1) is 12.7. The van der Waals surface area contributed by atoms with Crippen molar-refractivity contribution < 1.29 is 8.78 Å². The Bertz CT molecular complexity index is 652. The monoisotopic (exact) mass is 262 g/mol. The first-order valence-corrected chi connectivity index (χ1v) is 5.10. The predicted molar refractivity (Wildman–Crippen MR) is 64.2 cm³/mol. The molecule has 1 aromatic heterocycles. The summed E-state index contributed by atoms with van der Waals surface area (Å²) in [5, 5.41) is 11.5. The van der Waals surface area contributed by atoms with Crippen LogP contribution in [0.25, 0.3) is 0 Å². The number of nitrogens with one attached hydrogen (secondary N) is 2. The molecule has 0 atom stereocenters. The van der Waals surface area contributed by atoms with E-state index in [4.69, 9.17) is 11.1 Å². The molecule has 2 rings (SSSR count). The van der Waals surface area contributed by atoms with Gasteiger partial charge in [0.05, 0.1) is 17.4 Å². The molecule has 0 saturated carbocycles. The lowest BCUT2D eigenvalue weighted by Crippen LogP contribution is -2.12. The van der Waals surface area contributed by atoms with Gasteiger partial charge in [0.25, 0.3) is 0 Å². The Balaban J connectivity index is 2.39. The highest BCUT2D eigenvalue weighted by atomic mass is 19.1. The number of nitrogens with two attached hydrogens (primary N) is 1. The van der Waals surface area contributed by atoms with E-state index in [0.29, 0.717) is 0 Å². The van der Waals surface area contributed by atoms with E-state index in [1.165, 1.54) is 6.07 Å². The van der Waals surface area contributed by atoms with E-state index in [2.05, 4.69) is 20.7 Å². The number of nitriles is 1. The minimum absolute atomic E-state index is 0.00418. The molecule has 0 radical (unpaired) electrons. The summed E-state index contributed by atoms with van der Waals surface area (Å²) < 4.78 is 26.5. The van der Waals surface area contributed by atoms with Crippen LogP contribution in [0.3, 0.4) is 0 Å². The van der Waals surface area contributed by atoms with Crippen molar-refractivity contribution in [2.45, 2.75) is 0 Å². The molecule has 2 aromatic rings. The molecule has 0 spiro atoms. The third-order valence-electron chi connectivity index (χ3n) is 2.23. The smallest absolute Gasteiger partial charge is 0.239 e. The van der Waals surface area contributed by atoms with Crippen LogP contribution in [0.1, 0.15) is 5.56 Å². The van der Waals surface area contributed by atoms with Gasteiger partial charge in [-0.2, -0.15) is 10.2 Å². The van der Waals surface area contributed by atoms with Crippen LogP contribution in [0.15, 0.2) is 24.4 Å². The van der Waals surface area contributed by atoms with Crippen LogP contribution >= 0.6 is 0 Å². The zero-order chi connectivity index (χ0) is 13.8. The van der Waals surface area contributed by atoms with Crippen molar-refractivity contribution in [1.29, 1.82) is 5.26 Å². The maximum absolute atomic E-state index is 13.5. The summed E-state index contributed by atoms with van der Waals surface area (Å²) in [7, 11) is 0. The maximum Gasteiger partial charge on any atom is 0.239 e. The second kappa shape index (κ2) is 5.24. The average molecular weight is 262 g/mol. The Labute approximate surface area is 106 Å². The van der Waals surface area contributed by atoms with Crippen LogP contribution in [0.5, 0.6) is 0 Å². The molecule has 0 saturated heterocycles. The van der Waals surface area contributed by atoms with Gasteiger partial charge in [-0.3, -0.25) is 5.43 Å². The molecule has 8 heteroatoms. The molecule has 0 amide bonds. The summed E-state index contributed by atoms with van der Waals surface area (Å²) >= 11 is 0. The maximum atomic E-state index is 13.5. The molecule has 96 valence electrons. The van der Waals surface area contributed by atoms with Crippen molar-refractivity contribution in [2.75, 3.05) is 10.7 Å². The van der Waals surface area contributed by atoms with Gasteiger partial charge in [0.1, 0.15) is 11.9 Å². The summed E-state index contributed by atoms with van der Waals surface area (Å²) in [5.41, 5.74) is 2.42. The quantitative estimate of drug-likeness (QED) is 0.574. The molecule has 0 aliphatic rings. The van der Waals surface area contributed by atoms with Crippen molar-refractivity contribution in [3.63, 3.8) is 0 Å². The number of nitrogens with zero attached hydrogens (tertiary/aromatic N) is 3. The van der Waals surface area contributed by atoms with Gasteiger partial charge in [0, 0.05) is 0 Å². The number of hydrazine groups is 1. The molecule has 6 nitrogen and oxygen atoms in total. The highest BCUT2D eigenvalue weighted by Crippen LogP contribution is 2.22. The second-order valence-electron chi connectivity index (χ2n) is 3.46. The summed E-state index contributed by atoms with van der Waals surface area (Å²) in [5.74, 6) is 3.65. The fraction of sp³-hybridized carbons (Fsp3) is 0. The summed E-state index contributed by atoms with van der Waals surface area (Å²) in [4.78, 5) is 7.32. The van der Waals surface area contributed by atoms with Crippen LogP contribution < -0.4 is 16.6 Å². The fourth-order valence-electron chi connectivity index (χ4n) is 1.37. The molecule has 19 heavy (non-hydrogen) atoms. The zero-order valence-electron chi connectivity index (χ0n) is 9.48. The second-order valence-corrected chi connectivity index (χ2v) is 3.46. The molecule has 0 fully saturated rings. The van der Waals surface area contributed by atoms with Crippen LogP contribution in [0, 0.1) is 23.0 Å². The normalized spacial score (nSPS) is 9.79. The van der Waals surface area contributed by atoms with Crippen molar-refractivity contribution >= 4 is 17.5 Å². The summed E-state index contributed by atoms with van der Waals surface area (Å²) in [6.45, 7) is 0. The van der Waals surface area contributed by atoms with E-state index >= 15 is 0 Å². The van der Waals surface area contributed by atoms with Crippen LogP contribution in [0.4, 0.5) is 26.2 Å². The largest absolute Gasteiger partial charge is 0.337 e. The highest BCUT2D eigenvalue weighted by molar-refractivity contribution is 5.65. The summed E-state index contributed by atoms with van der Waals surface area (Å²) in [6.07, 6.45) is 0.917. The van der Waals surface area contributed by atoms with E-state index in [1.54, 1.807) is 6.07 Å². The number of rotatable bonds is 3. The Morgan fingerprint density at radius 2 is 2.11 bits per heavy atom. The fourth-order valence-corrected chi connectivity index (χ4v) is 1.37. The molecule has 0 bridgehead atoms. The lowest BCUT2D eigenvalue weighted by molar-refractivity contribution is 0.619. The van der Waals surface area contributed by atoms with Gasteiger partial charge >= 0.3 is 0 Å². The number of hydrogen-bond donors (Lipinski definition) is 3. The average Bonchev–Trinajstić information content (AvgIpc) is 2.43. The van der Waals surface area contributed by atoms with Crippen molar-refractivity contribution in [1.82, 2.24) is 9.97 Å². The van der Waals surface area contributed by atoms with E-state index in [-0.39, 0.29) is 23.0 Å². The molecule has 1 heterocycles. The third-order valence-corrected chi connectivity index (χ3v) is 2.23. The van der Waals surface area contributed by atoms with E-state index in [0.717, 1.165) is 18.3 Å². The van der Waals surface area contributed by atoms with E-state index in [9.17, 15) is 8.78 Å². The van der Waals surface area contributed by atoms with Gasteiger partial charge < -0.3 is 5.32 Å². The first-order valence-electron chi connectivity index (χ1n) is 5.10. The number of anilines is 3. The van der Waals surface area contributed by atoms with Crippen LogP contribution in [0.2, 0.25) is 0 Å². The van der Waals surface area contributed by atoms with Gasteiger partial charge in [-0.25, -0.2) is 19.6 Å². The number of benzene rings is 1. The Morgan fingerprint density at radius 3 is 2.79 bits per heavy atom. The van der Waals surface area contributed by atoms with Gasteiger partial charge in [-0.05, 0) is 18.2 Å². The highest BCUT2D eigenvalue weighted by Gasteiger charge is 2.10. The SMILES string of the molecule is N#Cc1cc(F)ccc1Nc1nc(NN)ncc1F. The van der Waals surface area contributed by atoms with Crippen molar-refractivity contribution in [3.8, 4) is 6.07 Å². The molecule has 0 aliphatic heterocycles. The standard InChI is InChI=1S/C11H8F2N6/c12-7-1-2-9(6(3-7)4-14)17-10-8(13)5-16-11(18-10)19-15/h1-3,5H,15H2,(H2,16,17,18,19). The lowest BCUT2D eigenvalue weighted by Gasteiger charge is -2.09.